The van der Waals surface area contributed by atoms with Crippen LogP contribution in [0.2, 0.25) is 0 Å². The van der Waals surface area contributed by atoms with Gasteiger partial charge in [0.15, 0.2) is 0 Å². The van der Waals surface area contributed by atoms with Crippen LogP contribution in [0.4, 0.5) is 0 Å². The zero-order valence-electron chi connectivity index (χ0n) is 10.8. The number of hydrogen-bond acceptors (Lipinski definition) is 3. The summed E-state index contributed by atoms with van der Waals surface area (Å²) < 4.78 is 4.96. The largest absolute Gasteiger partial charge is 0.481 e. The highest BCUT2D eigenvalue weighted by Gasteiger charge is 2.35. The minimum atomic E-state index is -0.903. The fourth-order valence-electron chi connectivity index (χ4n) is 2.38. The lowest BCUT2D eigenvalue weighted by Crippen LogP contribution is -2.39. The van der Waals surface area contributed by atoms with Crippen molar-refractivity contribution in [1.29, 1.82) is 0 Å². The van der Waals surface area contributed by atoms with Crippen LogP contribution in [0.1, 0.15) is 18.4 Å². The predicted molar refractivity (Wildman–Crippen MR) is 68.2 cm³/mol. The van der Waals surface area contributed by atoms with Crippen molar-refractivity contribution in [2.75, 3.05) is 7.05 Å². The highest BCUT2D eigenvalue weighted by Crippen LogP contribution is 2.27. The first-order chi connectivity index (χ1) is 9.09. The van der Waals surface area contributed by atoms with E-state index in [1.807, 2.05) is 12.2 Å². The summed E-state index contributed by atoms with van der Waals surface area (Å²) in [6, 6.07) is 1.79. The molecule has 1 aliphatic carbocycles. The third-order valence-corrected chi connectivity index (χ3v) is 3.44. The number of rotatable bonds is 4. The van der Waals surface area contributed by atoms with Crippen LogP contribution in [0.3, 0.4) is 0 Å². The second kappa shape index (κ2) is 5.73. The fraction of sp³-hybridized carbons (Fsp3) is 0.429. The fourth-order valence-corrected chi connectivity index (χ4v) is 2.38. The van der Waals surface area contributed by atoms with Crippen LogP contribution < -0.4 is 0 Å². The van der Waals surface area contributed by atoms with Crippen LogP contribution in [0.5, 0.6) is 0 Å². The van der Waals surface area contributed by atoms with Gasteiger partial charge >= 0.3 is 5.97 Å². The van der Waals surface area contributed by atoms with E-state index in [4.69, 9.17) is 4.42 Å². The maximum atomic E-state index is 12.3. The normalized spacial score (nSPS) is 22.2. The van der Waals surface area contributed by atoms with E-state index in [-0.39, 0.29) is 5.91 Å². The third-order valence-electron chi connectivity index (χ3n) is 3.44. The average Bonchev–Trinajstić information content (AvgIpc) is 2.90. The number of carboxylic acids is 1. The summed E-state index contributed by atoms with van der Waals surface area (Å²) in [5.74, 6) is -2.12. The van der Waals surface area contributed by atoms with Gasteiger partial charge in [0.05, 0.1) is 24.4 Å². The lowest BCUT2D eigenvalue weighted by molar-refractivity contribution is -0.150. The monoisotopic (exact) mass is 263 g/mol. The first-order valence-electron chi connectivity index (χ1n) is 6.23. The molecule has 5 heteroatoms. The predicted octanol–water partition coefficient (Wildman–Crippen LogP) is 1.91. The number of amides is 1. The summed E-state index contributed by atoms with van der Waals surface area (Å²) in [7, 11) is 1.69. The molecule has 0 unspecified atom stereocenters. The number of allylic oxidation sites excluding steroid dienone is 2. The minimum absolute atomic E-state index is 0.127. The van der Waals surface area contributed by atoms with Crippen molar-refractivity contribution >= 4 is 11.9 Å². The molecule has 1 N–H and O–H groups in total. The third kappa shape index (κ3) is 3.05. The molecule has 19 heavy (non-hydrogen) atoms. The lowest BCUT2D eigenvalue weighted by Gasteiger charge is -2.28. The molecule has 5 nitrogen and oxygen atoms in total. The molecule has 1 heterocycles. The van der Waals surface area contributed by atoms with E-state index in [9.17, 15) is 14.7 Å². The molecule has 1 aromatic heterocycles. The number of hydrogen-bond donors (Lipinski definition) is 1. The van der Waals surface area contributed by atoms with Crippen LogP contribution in [-0.2, 0) is 16.1 Å². The standard InChI is InChI=1S/C14H17NO4/c1-15(8-10-6-7-19-9-10)13(16)11-4-2-3-5-12(11)14(17)18/h2-3,6-7,9,11-12H,4-5,8H2,1H3,(H,17,18)/t11-,12+/m1/s1. The number of carbonyl (C=O) groups excluding carboxylic acids is 1. The van der Waals surface area contributed by atoms with Crippen molar-refractivity contribution in [3.8, 4) is 0 Å². The first kappa shape index (κ1) is 13.4. The van der Waals surface area contributed by atoms with Gasteiger partial charge in [-0.15, -0.1) is 0 Å². The van der Waals surface area contributed by atoms with E-state index >= 15 is 0 Å². The molecule has 2 atom stereocenters. The second-order valence-electron chi connectivity index (χ2n) is 4.82. The van der Waals surface area contributed by atoms with Crippen molar-refractivity contribution in [2.45, 2.75) is 19.4 Å². The molecule has 0 radical (unpaired) electrons. The number of carboxylic acid groups (broad SMARTS) is 1. The maximum absolute atomic E-state index is 12.3. The molecule has 0 fully saturated rings. The number of aliphatic carboxylic acids is 1. The Balaban J connectivity index is 2.05. The van der Waals surface area contributed by atoms with Gasteiger partial charge in [0.25, 0.3) is 0 Å². The van der Waals surface area contributed by atoms with E-state index in [0.29, 0.717) is 19.4 Å². The molecule has 102 valence electrons. The summed E-state index contributed by atoms with van der Waals surface area (Å²) in [4.78, 5) is 25.1. The van der Waals surface area contributed by atoms with E-state index < -0.39 is 17.8 Å². The minimum Gasteiger partial charge on any atom is -0.481 e. The Morgan fingerprint density at radius 1 is 1.37 bits per heavy atom. The van der Waals surface area contributed by atoms with E-state index in [0.717, 1.165) is 5.56 Å². The zero-order valence-corrected chi connectivity index (χ0v) is 10.8. The summed E-state index contributed by atoms with van der Waals surface area (Å²) >= 11 is 0. The topological polar surface area (TPSA) is 70.8 Å². The van der Waals surface area contributed by atoms with Gasteiger partial charge in [-0.1, -0.05) is 12.2 Å². The van der Waals surface area contributed by atoms with Crippen molar-refractivity contribution in [2.24, 2.45) is 11.8 Å². The highest BCUT2D eigenvalue weighted by molar-refractivity contribution is 5.85. The Bertz CT molecular complexity index is 478. The zero-order chi connectivity index (χ0) is 13.8. The second-order valence-corrected chi connectivity index (χ2v) is 4.82. The molecule has 0 bridgehead atoms. The van der Waals surface area contributed by atoms with Gasteiger partial charge < -0.3 is 14.4 Å². The molecule has 0 spiro atoms. The van der Waals surface area contributed by atoms with Crippen molar-refractivity contribution in [1.82, 2.24) is 4.90 Å². The van der Waals surface area contributed by atoms with Crippen LogP contribution in [-0.4, -0.2) is 28.9 Å². The van der Waals surface area contributed by atoms with Crippen LogP contribution in [0.15, 0.2) is 35.2 Å². The number of furan rings is 1. The SMILES string of the molecule is CN(Cc1ccoc1)C(=O)[C@@H]1CC=CC[C@@H]1C(=O)O. The van der Waals surface area contributed by atoms with E-state index in [1.54, 1.807) is 30.5 Å². The molecule has 0 aliphatic heterocycles. The first-order valence-corrected chi connectivity index (χ1v) is 6.23. The van der Waals surface area contributed by atoms with Crippen molar-refractivity contribution in [3.63, 3.8) is 0 Å². The van der Waals surface area contributed by atoms with Crippen molar-refractivity contribution < 1.29 is 19.1 Å². The molecule has 0 saturated carbocycles. The smallest absolute Gasteiger partial charge is 0.307 e. The number of carbonyl (C=O) groups is 2. The Morgan fingerprint density at radius 2 is 2.05 bits per heavy atom. The van der Waals surface area contributed by atoms with Gasteiger partial charge in [-0.05, 0) is 18.9 Å². The molecule has 1 aromatic rings. The van der Waals surface area contributed by atoms with Crippen LogP contribution >= 0.6 is 0 Å². The Hall–Kier alpha value is -2.04. The summed E-state index contributed by atoms with van der Waals surface area (Å²) in [5.41, 5.74) is 0.897. The molecule has 0 saturated heterocycles. The molecule has 0 aromatic carbocycles. The molecule has 2 rings (SSSR count). The van der Waals surface area contributed by atoms with Gasteiger partial charge in [0.1, 0.15) is 0 Å². The molecular weight excluding hydrogens is 246 g/mol. The maximum Gasteiger partial charge on any atom is 0.307 e. The average molecular weight is 263 g/mol. The van der Waals surface area contributed by atoms with Crippen LogP contribution in [0.25, 0.3) is 0 Å². The van der Waals surface area contributed by atoms with E-state index in [1.165, 1.54) is 0 Å². The summed E-state index contributed by atoms with van der Waals surface area (Å²) in [5, 5.41) is 9.18. The summed E-state index contributed by atoms with van der Waals surface area (Å²) in [6.07, 6.45) is 7.76. The summed E-state index contributed by atoms with van der Waals surface area (Å²) in [6.45, 7) is 0.432. The van der Waals surface area contributed by atoms with Gasteiger partial charge in [-0.3, -0.25) is 9.59 Å². The molecule has 1 amide bonds. The molecular formula is C14H17NO4. The lowest BCUT2D eigenvalue weighted by atomic mass is 9.82. The van der Waals surface area contributed by atoms with Gasteiger partial charge in [-0.25, -0.2) is 0 Å². The Morgan fingerprint density at radius 3 is 2.63 bits per heavy atom. The molecule has 1 aliphatic rings. The van der Waals surface area contributed by atoms with Crippen molar-refractivity contribution in [3.05, 3.63) is 36.3 Å². The Labute approximate surface area is 111 Å². The van der Waals surface area contributed by atoms with Gasteiger partial charge in [0.2, 0.25) is 5.91 Å². The number of nitrogens with zero attached hydrogens (tertiary/aromatic N) is 1. The highest BCUT2D eigenvalue weighted by atomic mass is 16.4. The van der Waals surface area contributed by atoms with Crippen LogP contribution in [0, 0.1) is 11.8 Å². The Kier molecular flexibility index (Phi) is 4.04. The van der Waals surface area contributed by atoms with E-state index in [2.05, 4.69) is 0 Å². The van der Waals surface area contributed by atoms with Gasteiger partial charge in [-0.2, -0.15) is 0 Å². The quantitative estimate of drug-likeness (QED) is 0.842. The van der Waals surface area contributed by atoms with Gasteiger partial charge in [0, 0.05) is 19.2 Å².